The minimum atomic E-state index is -1.54. The largest absolute Gasteiger partial charge is 0.481 e. The maximum absolute atomic E-state index is 13.7. The van der Waals surface area contributed by atoms with Crippen LogP contribution >= 0.6 is 34.8 Å². The molecule has 50 nitrogen and oxygen atoms in total. The summed E-state index contributed by atoms with van der Waals surface area (Å²) in [5.41, 5.74) is 4.30. The highest BCUT2D eigenvalue weighted by Crippen LogP contribution is 2.48. The fourth-order valence-corrected chi connectivity index (χ4v) is 14.7. The molecule has 0 radical (unpaired) electrons. The van der Waals surface area contributed by atoms with Gasteiger partial charge in [0.05, 0.1) is 191 Å². The second-order valence-electron chi connectivity index (χ2n) is 33.6. The zero-order chi connectivity index (χ0) is 106. The van der Waals surface area contributed by atoms with Gasteiger partial charge in [-0.15, -0.1) is 5.10 Å². The number of nitrogens with zero attached hydrogens (tertiary/aromatic N) is 6. The van der Waals surface area contributed by atoms with Gasteiger partial charge in [0.25, 0.3) is 0 Å². The number of carbonyl (C=O) groups excluding carboxylic acids is 6. The molecular weight excluding hydrogens is 2050 g/mol. The van der Waals surface area contributed by atoms with Crippen molar-refractivity contribution in [1.82, 2.24) is 77.5 Å². The number of nitrogens with one attached hydrogen (secondary N) is 11. The number of hydrogen-bond acceptors (Lipinski definition) is 32. The van der Waals surface area contributed by atoms with Crippen LogP contribution in [0.3, 0.4) is 0 Å². The van der Waals surface area contributed by atoms with Crippen molar-refractivity contribution in [2.45, 2.75) is 133 Å². The Labute approximate surface area is 865 Å². The lowest BCUT2D eigenvalue weighted by Crippen LogP contribution is -2.51. The third-order valence-electron chi connectivity index (χ3n) is 21.8. The number of amides is 8. The summed E-state index contributed by atoms with van der Waals surface area (Å²) in [6, 6.07) is 15.8. The summed E-state index contributed by atoms with van der Waals surface area (Å²) in [5, 5.41) is 114. The summed E-state index contributed by atoms with van der Waals surface area (Å²) in [7, 11) is 0. The van der Waals surface area contributed by atoms with Gasteiger partial charge >= 0.3 is 59.8 Å². The first-order chi connectivity index (χ1) is 70.4. The lowest BCUT2D eigenvalue weighted by atomic mass is 10.1. The minimum absolute atomic E-state index is 0.00900. The van der Waals surface area contributed by atoms with Crippen molar-refractivity contribution >= 4 is 135 Å². The van der Waals surface area contributed by atoms with E-state index in [1.807, 2.05) is 48.5 Å². The number of carboxylic acids is 8. The molecule has 1 aliphatic rings. The van der Waals surface area contributed by atoms with Crippen LogP contribution in [0.5, 0.6) is 0 Å². The highest BCUT2D eigenvalue weighted by molar-refractivity contribution is 14.1. The lowest BCUT2D eigenvalue weighted by molar-refractivity contribution is -0.142. The number of benzene rings is 3. The monoisotopic (exact) mass is 2200 g/mol. The highest BCUT2D eigenvalue weighted by Gasteiger charge is 2.40. The van der Waals surface area contributed by atoms with Crippen LogP contribution < -0.4 is 58.5 Å². The molecule has 6 atom stereocenters. The van der Waals surface area contributed by atoms with Crippen molar-refractivity contribution in [2.75, 3.05) is 254 Å². The number of carbonyl (C=O) groups is 14. The number of carboxylic acid groups (broad SMARTS) is 8. The number of halogens is 1. The Bertz CT molecular complexity index is 4520. The highest BCUT2D eigenvalue weighted by atomic mass is 127. The van der Waals surface area contributed by atoms with E-state index in [1.54, 1.807) is 49.8 Å². The number of ether oxygens (including phenoxy) is 11. The van der Waals surface area contributed by atoms with Gasteiger partial charge in [-0.25, -0.2) is 28.7 Å². The molecule has 5 rings (SSSR count). The van der Waals surface area contributed by atoms with E-state index >= 15 is 0 Å². The molecule has 0 aliphatic heterocycles. The number of rotatable bonds is 90. The van der Waals surface area contributed by atoms with E-state index in [0.717, 1.165) is 26.8 Å². The Balaban J connectivity index is 0.931. The van der Waals surface area contributed by atoms with Crippen molar-refractivity contribution < 1.29 is 160 Å². The number of aliphatic carboxylic acids is 8. The topological polar surface area (TPSA) is 675 Å². The quantitative estimate of drug-likeness (QED) is 0.0170. The molecule has 4 aromatic rings. The predicted octanol–water partition coefficient (Wildman–Crippen LogP) is 1.67. The molecule has 0 spiro atoms. The molecule has 1 heterocycles. The molecule has 3 aromatic carbocycles. The average Bonchev–Trinajstić information content (AvgIpc) is 1.65. The van der Waals surface area contributed by atoms with Gasteiger partial charge in [-0.2, -0.15) is 0 Å². The number of thiocarbonyl (C=S) groups is 1. The third kappa shape index (κ3) is 62.7. The van der Waals surface area contributed by atoms with Crippen LogP contribution in [0.1, 0.15) is 107 Å². The van der Waals surface area contributed by atoms with Gasteiger partial charge in [0.15, 0.2) is 5.11 Å². The van der Waals surface area contributed by atoms with Gasteiger partial charge in [0.1, 0.15) is 29.9 Å². The fourth-order valence-electron chi connectivity index (χ4n) is 14.1. The molecule has 1 aromatic heterocycles. The molecule has 0 saturated heterocycles. The van der Waals surface area contributed by atoms with Gasteiger partial charge < -0.3 is 151 Å². The number of hydrogen-bond donors (Lipinski definition) is 19. The SMILES string of the molecule is O=C(O)CC[C@H](NC(=O)N[C@@H](CCCCNC(=O)Nc1cccc(-c2cn(CCOCCOCCOCCC(=O)N[C@@H](CCCCNC(=S)Nc3ccc(C4CC4CN(CCN(CCN(CCNCC(=O)O)CC(=O)O)CC(=O)O)CC(=O)O)cc3)C(=O)NCCOCCOCCOCCOCCOCCOCCOCCOCCC(=O)N[C@@H](CCCCNC(=O)Cc3ccc(I)cc3)C(=O)O)nn2)c1)C(=O)O)C(=O)O. The zero-order valence-electron chi connectivity index (χ0n) is 82.2. The molecular formula is C94H144IN17O33S. The van der Waals surface area contributed by atoms with E-state index in [0.29, 0.717) is 153 Å². The molecule has 0 bridgehead atoms. The second-order valence-corrected chi connectivity index (χ2v) is 35.2. The summed E-state index contributed by atoms with van der Waals surface area (Å²) in [6.45, 7) is 7.85. The maximum atomic E-state index is 13.7. The Hall–Kier alpha value is -11.2. The van der Waals surface area contributed by atoms with Crippen LogP contribution in [0.4, 0.5) is 21.0 Å². The van der Waals surface area contributed by atoms with Crippen LogP contribution in [0.15, 0.2) is 79.0 Å². The molecule has 52 heteroatoms. The van der Waals surface area contributed by atoms with E-state index in [1.165, 1.54) is 0 Å². The third-order valence-corrected chi connectivity index (χ3v) is 22.7. The Kier molecular flexibility index (Phi) is 66.3. The smallest absolute Gasteiger partial charge is 0.326 e. The molecule has 146 heavy (non-hydrogen) atoms. The Morgan fingerprint density at radius 1 is 0.411 bits per heavy atom. The first-order valence-corrected chi connectivity index (χ1v) is 50.0. The van der Waals surface area contributed by atoms with E-state index in [4.69, 9.17) is 74.5 Å². The van der Waals surface area contributed by atoms with Crippen LogP contribution in [-0.4, -0.2) is 427 Å². The Morgan fingerprint density at radius 2 is 0.863 bits per heavy atom. The van der Waals surface area contributed by atoms with Crippen LogP contribution in [-0.2, 0) is 123 Å². The van der Waals surface area contributed by atoms with Crippen LogP contribution in [0.25, 0.3) is 11.3 Å². The summed E-state index contributed by atoms with van der Waals surface area (Å²) in [6.07, 6.45) is 5.02. The van der Waals surface area contributed by atoms with Gasteiger partial charge in [0.2, 0.25) is 23.6 Å². The zero-order valence-corrected chi connectivity index (χ0v) is 85.2. The molecule has 19 N–H and O–H groups in total. The molecule has 1 fully saturated rings. The summed E-state index contributed by atoms with van der Waals surface area (Å²) < 4.78 is 64.3. The van der Waals surface area contributed by atoms with E-state index in [2.05, 4.69) is 91.4 Å². The molecule has 1 saturated carbocycles. The van der Waals surface area contributed by atoms with Crippen molar-refractivity contribution in [2.24, 2.45) is 5.92 Å². The van der Waals surface area contributed by atoms with Crippen molar-refractivity contribution in [3.05, 3.63) is 93.7 Å². The van der Waals surface area contributed by atoms with Gasteiger partial charge in [0, 0.05) is 112 Å². The Morgan fingerprint density at radius 3 is 1.37 bits per heavy atom. The maximum Gasteiger partial charge on any atom is 0.326 e. The standard InChI is InChI=1S/C94H144IN17O33S/c95-71-17-13-67(14-18-71)58-82(115)97-25-4-2-11-76(89(127)128)104-81(114)24-37-136-41-45-140-48-50-142-52-54-144-56-57-145-55-53-143-51-49-141-46-42-137-38-29-98-88(126)75(10-1-6-27-100-94(146)102-72-19-15-68(16-20-72)74-60-70(74)62-111(66-87(124)125)34-33-110(65-86(122)123)32-31-109(64-85(120)121)30-28-96-61-84(118)119)103-80(113)23-36-135-40-44-139-47-43-138-39-35-112-63-79(107-108-112)69-8-7-9-73(59-69)101-92(133)99-26-5-3-12-77(90(129)130)105-93(134)106-78(91(131)132)21-22-83(116)117/h7-9,13-20,59,63,70,74-78,96H,1-6,10-12,21-58,60-62,64-66H2,(H,97,115)(H,98,126)(H,103,113)(H,104,114)(H,116,117)(H,118,119)(H,120,121)(H,122,123)(H,124,125)(H,127,128)(H,129,130)(H,131,132)(H2,99,101,133)(H2,100,102,146)(H2,105,106,134)/t70?,74?,75-,76-,77-,78-/m0/s1. The normalized spacial score (nSPS) is 13.5. The lowest BCUT2D eigenvalue weighted by Gasteiger charge is -2.28. The van der Waals surface area contributed by atoms with Gasteiger partial charge in [-0.1, -0.05) is 41.6 Å². The number of aromatic nitrogens is 3. The average molecular weight is 2200 g/mol. The number of unbranched alkanes of at least 4 members (excludes halogenated alkanes) is 3. The number of anilines is 2. The number of urea groups is 2. The minimum Gasteiger partial charge on any atom is -0.481 e. The van der Waals surface area contributed by atoms with Gasteiger partial charge in [-0.3, -0.25) is 57.9 Å². The van der Waals surface area contributed by atoms with Gasteiger partial charge in [-0.05, 0) is 165 Å². The molecule has 8 amide bonds. The van der Waals surface area contributed by atoms with Crippen LogP contribution in [0.2, 0.25) is 0 Å². The molecule has 2 unspecified atom stereocenters. The summed E-state index contributed by atoms with van der Waals surface area (Å²) in [4.78, 5) is 174. The van der Waals surface area contributed by atoms with E-state index in [-0.39, 0.29) is 214 Å². The van der Waals surface area contributed by atoms with E-state index in [9.17, 15) is 97.8 Å². The first kappa shape index (κ1) is 125. The second kappa shape index (κ2) is 77.2. The molecule has 816 valence electrons. The van der Waals surface area contributed by atoms with Crippen molar-refractivity contribution in [1.29, 1.82) is 0 Å². The predicted molar refractivity (Wildman–Crippen MR) is 538 cm³/mol. The molecule has 1 aliphatic carbocycles. The van der Waals surface area contributed by atoms with Crippen LogP contribution in [0, 0.1) is 9.49 Å². The van der Waals surface area contributed by atoms with Crippen molar-refractivity contribution in [3.8, 4) is 11.3 Å². The summed E-state index contributed by atoms with van der Waals surface area (Å²) >= 11 is 7.82. The first-order valence-electron chi connectivity index (χ1n) is 48.5. The van der Waals surface area contributed by atoms with E-state index < -0.39 is 115 Å². The summed E-state index contributed by atoms with van der Waals surface area (Å²) in [5.74, 6) is -10.6. The fraction of sp³-hybridized carbons (Fsp3) is 0.628. The van der Waals surface area contributed by atoms with Crippen molar-refractivity contribution in [3.63, 3.8) is 0 Å².